The van der Waals surface area contributed by atoms with E-state index in [-0.39, 0.29) is 0 Å². The molecule has 4 heteroatoms. The smallest absolute Gasteiger partial charge is 0.106 e. The maximum absolute atomic E-state index is 4.29. The first-order chi connectivity index (χ1) is 9.63. The van der Waals surface area contributed by atoms with Crippen LogP contribution < -0.4 is 10.6 Å². The van der Waals surface area contributed by atoms with E-state index in [1.807, 2.05) is 11.6 Å². The van der Waals surface area contributed by atoms with E-state index in [0.29, 0.717) is 12.1 Å². The van der Waals surface area contributed by atoms with Gasteiger partial charge in [0, 0.05) is 35.9 Å². The molecule has 1 aromatic heterocycles. The van der Waals surface area contributed by atoms with E-state index in [4.69, 9.17) is 0 Å². The number of aromatic nitrogens is 1. The predicted molar refractivity (Wildman–Crippen MR) is 87.3 cm³/mol. The Morgan fingerprint density at radius 2 is 2.10 bits per heavy atom. The largest absolute Gasteiger partial charge is 0.383 e. The summed E-state index contributed by atoms with van der Waals surface area (Å²) in [6, 6.07) is 9.57. The van der Waals surface area contributed by atoms with Crippen LogP contribution in [0.2, 0.25) is 0 Å². The summed E-state index contributed by atoms with van der Waals surface area (Å²) in [6.45, 7) is 7.38. The quantitative estimate of drug-likeness (QED) is 0.816. The summed E-state index contributed by atoms with van der Waals surface area (Å²) in [6.07, 6.45) is 2.88. The molecule has 3 nitrogen and oxygen atoms in total. The van der Waals surface area contributed by atoms with Crippen LogP contribution in [0.5, 0.6) is 0 Å². The van der Waals surface area contributed by atoms with E-state index in [1.54, 1.807) is 11.3 Å². The average Bonchev–Trinajstić information content (AvgIpc) is 2.89. The van der Waals surface area contributed by atoms with Gasteiger partial charge in [0.1, 0.15) is 5.01 Å². The van der Waals surface area contributed by atoms with E-state index in [0.717, 1.165) is 18.0 Å². The highest BCUT2D eigenvalue weighted by Crippen LogP contribution is 2.13. The zero-order chi connectivity index (χ0) is 14.4. The van der Waals surface area contributed by atoms with Gasteiger partial charge in [0.25, 0.3) is 0 Å². The summed E-state index contributed by atoms with van der Waals surface area (Å²) < 4.78 is 0. The number of nitrogens with one attached hydrogen (secondary N) is 2. The molecule has 2 N–H and O–H groups in total. The summed E-state index contributed by atoms with van der Waals surface area (Å²) in [5.74, 6) is 0. The lowest BCUT2D eigenvalue weighted by atomic mass is 10.1. The van der Waals surface area contributed by atoms with Gasteiger partial charge in [-0.05, 0) is 44.9 Å². The van der Waals surface area contributed by atoms with E-state index in [1.165, 1.54) is 11.3 Å². The first kappa shape index (κ1) is 15.0. The second kappa shape index (κ2) is 7.41. The number of hydrogen-bond donors (Lipinski definition) is 2. The van der Waals surface area contributed by atoms with Crippen molar-refractivity contribution in [2.24, 2.45) is 0 Å². The van der Waals surface area contributed by atoms with Gasteiger partial charge in [0.2, 0.25) is 0 Å². The summed E-state index contributed by atoms with van der Waals surface area (Å²) in [5.41, 5.74) is 2.56. The molecule has 1 atom stereocenters. The summed E-state index contributed by atoms with van der Waals surface area (Å²) >= 11 is 1.70. The minimum atomic E-state index is 0.438. The number of nitrogens with zero attached hydrogens (tertiary/aromatic N) is 1. The van der Waals surface area contributed by atoms with Crippen LogP contribution in [0.3, 0.4) is 0 Å². The van der Waals surface area contributed by atoms with E-state index < -0.39 is 0 Å². The molecule has 0 spiro atoms. The van der Waals surface area contributed by atoms with Crippen molar-refractivity contribution >= 4 is 17.0 Å². The topological polar surface area (TPSA) is 37.0 Å². The Bertz CT molecular complexity index is 508. The number of rotatable bonds is 7. The van der Waals surface area contributed by atoms with Gasteiger partial charge >= 0.3 is 0 Å². The minimum Gasteiger partial charge on any atom is -0.383 e. The molecule has 0 saturated heterocycles. The second-order valence-corrected chi connectivity index (χ2v) is 6.39. The fourth-order valence-electron chi connectivity index (χ4n) is 2.15. The van der Waals surface area contributed by atoms with Gasteiger partial charge in [-0.25, -0.2) is 4.98 Å². The van der Waals surface area contributed by atoms with Crippen molar-refractivity contribution in [2.45, 2.75) is 45.8 Å². The third kappa shape index (κ3) is 4.94. The lowest BCUT2D eigenvalue weighted by molar-refractivity contribution is 0.544. The average molecular weight is 289 g/mol. The molecular weight excluding hydrogens is 266 g/mol. The highest BCUT2D eigenvalue weighted by molar-refractivity contribution is 7.09. The molecule has 0 bridgehead atoms. The zero-order valence-corrected chi connectivity index (χ0v) is 13.2. The summed E-state index contributed by atoms with van der Waals surface area (Å²) in [4.78, 5) is 4.29. The van der Waals surface area contributed by atoms with Gasteiger partial charge in [-0.1, -0.05) is 12.1 Å². The summed E-state index contributed by atoms with van der Waals surface area (Å²) in [7, 11) is 0. The maximum atomic E-state index is 4.29. The highest BCUT2D eigenvalue weighted by atomic mass is 32.1. The Morgan fingerprint density at radius 3 is 2.80 bits per heavy atom. The van der Waals surface area contributed by atoms with Gasteiger partial charge in [0.05, 0.1) is 0 Å². The van der Waals surface area contributed by atoms with Crippen molar-refractivity contribution in [1.82, 2.24) is 10.3 Å². The molecule has 0 radical (unpaired) electrons. The lowest BCUT2D eigenvalue weighted by Gasteiger charge is -2.15. The van der Waals surface area contributed by atoms with Gasteiger partial charge in [0.15, 0.2) is 0 Å². The van der Waals surface area contributed by atoms with Crippen molar-refractivity contribution in [3.8, 4) is 0 Å². The zero-order valence-electron chi connectivity index (χ0n) is 12.4. The fraction of sp³-hybridized carbons (Fsp3) is 0.438. The van der Waals surface area contributed by atoms with Crippen LogP contribution in [0.25, 0.3) is 0 Å². The molecule has 0 fully saturated rings. The van der Waals surface area contributed by atoms with Crippen molar-refractivity contribution in [1.29, 1.82) is 0 Å². The standard InChI is InChI=1S/C16H23N3S/c1-12(2)19-15-6-4-5-14(10-15)9-13(3)18-11-16-17-7-8-20-16/h4-8,10,12-13,18-19H,9,11H2,1-3H3. The molecular formula is C16H23N3S. The maximum Gasteiger partial charge on any atom is 0.106 e. The SMILES string of the molecule is CC(C)Nc1cccc(CC(C)NCc2nccs2)c1. The van der Waals surface area contributed by atoms with Gasteiger partial charge in [-0.3, -0.25) is 0 Å². The Morgan fingerprint density at radius 1 is 1.25 bits per heavy atom. The molecule has 0 saturated carbocycles. The van der Waals surface area contributed by atoms with Crippen LogP contribution >= 0.6 is 11.3 Å². The number of thiazole rings is 1. The van der Waals surface area contributed by atoms with Crippen LogP contribution in [0.1, 0.15) is 31.3 Å². The van der Waals surface area contributed by atoms with Crippen LogP contribution in [0.4, 0.5) is 5.69 Å². The Hall–Kier alpha value is -1.39. The monoisotopic (exact) mass is 289 g/mol. The number of anilines is 1. The summed E-state index contributed by atoms with van der Waals surface area (Å²) in [5, 5.41) is 10.1. The third-order valence-corrected chi connectivity index (χ3v) is 3.79. The molecule has 1 aromatic carbocycles. The first-order valence-corrected chi connectivity index (χ1v) is 7.98. The fourth-order valence-corrected chi connectivity index (χ4v) is 2.72. The van der Waals surface area contributed by atoms with Crippen molar-refractivity contribution < 1.29 is 0 Å². The first-order valence-electron chi connectivity index (χ1n) is 7.10. The van der Waals surface area contributed by atoms with Crippen molar-refractivity contribution in [3.63, 3.8) is 0 Å². The molecule has 0 aliphatic carbocycles. The predicted octanol–water partition coefficient (Wildman–Crippen LogP) is 3.68. The van der Waals surface area contributed by atoms with E-state index in [9.17, 15) is 0 Å². The molecule has 2 aromatic rings. The highest BCUT2D eigenvalue weighted by Gasteiger charge is 2.05. The van der Waals surface area contributed by atoms with Gasteiger partial charge in [-0.15, -0.1) is 11.3 Å². The number of benzene rings is 1. The van der Waals surface area contributed by atoms with E-state index in [2.05, 4.69) is 60.7 Å². The number of hydrogen-bond acceptors (Lipinski definition) is 4. The molecule has 0 amide bonds. The molecule has 1 heterocycles. The Labute approximate surface area is 125 Å². The lowest BCUT2D eigenvalue weighted by Crippen LogP contribution is -2.27. The minimum absolute atomic E-state index is 0.438. The van der Waals surface area contributed by atoms with E-state index >= 15 is 0 Å². The molecule has 0 aliphatic rings. The Balaban J connectivity index is 1.85. The normalized spacial score (nSPS) is 12.6. The Kier molecular flexibility index (Phi) is 5.56. The van der Waals surface area contributed by atoms with Crippen LogP contribution in [-0.4, -0.2) is 17.1 Å². The van der Waals surface area contributed by atoms with Crippen LogP contribution in [0.15, 0.2) is 35.8 Å². The van der Waals surface area contributed by atoms with Crippen molar-refractivity contribution in [2.75, 3.05) is 5.32 Å². The van der Waals surface area contributed by atoms with Gasteiger partial charge < -0.3 is 10.6 Å². The van der Waals surface area contributed by atoms with Crippen molar-refractivity contribution in [3.05, 3.63) is 46.4 Å². The third-order valence-electron chi connectivity index (χ3n) is 3.01. The van der Waals surface area contributed by atoms with Gasteiger partial charge in [-0.2, -0.15) is 0 Å². The molecule has 108 valence electrons. The molecule has 2 rings (SSSR count). The second-order valence-electron chi connectivity index (χ2n) is 5.41. The molecule has 20 heavy (non-hydrogen) atoms. The van der Waals surface area contributed by atoms with Crippen LogP contribution in [0, 0.1) is 0 Å². The molecule has 1 unspecified atom stereocenters. The van der Waals surface area contributed by atoms with Crippen LogP contribution in [-0.2, 0) is 13.0 Å². The molecule has 0 aliphatic heterocycles.